The summed E-state index contributed by atoms with van der Waals surface area (Å²) in [6.45, 7) is 6.23. The van der Waals surface area contributed by atoms with Gasteiger partial charge in [-0.2, -0.15) is 0 Å². The molecule has 1 unspecified atom stereocenters. The first-order valence-corrected chi connectivity index (χ1v) is 6.70. The third-order valence-electron chi connectivity index (χ3n) is 2.66. The maximum Gasteiger partial charge on any atom is 0.132 e. The molecule has 108 valence electrons. The predicted octanol–water partition coefficient (Wildman–Crippen LogP) is 1.38. The van der Waals surface area contributed by atoms with Gasteiger partial charge in [-0.25, -0.2) is 9.97 Å². The number of nitrogens with zero attached hydrogens (tertiary/aromatic N) is 2. The molecular formula is C13H25N5O. The van der Waals surface area contributed by atoms with Crippen molar-refractivity contribution in [3.05, 3.63) is 11.9 Å². The summed E-state index contributed by atoms with van der Waals surface area (Å²) < 4.78 is 5.01. The van der Waals surface area contributed by atoms with Crippen molar-refractivity contribution in [3.63, 3.8) is 0 Å². The Morgan fingerprint density at radius 1 is 1.37 bits per heavy atom. The predicted molar refractivity (Wildman–Crippen MR) is 78.5 cm³/mol. The van der Waals surface area contributed by atoms with E-state index in [0.29, 0.717) is 12.6 Å². The molecule has 4 N–H and O–H groups in total. The number of nitrogens with one attached hydrogen (secondary N) is 2. The molecule has 0 aliphatic rings. The summed E-state index contributed by atoms with van der Waals surface area (Å²) in [7, 11) is 1.70. The average molecular weight is 267 g/mol. The summed E-state index contributed by atoms with van der Waals surface area (Å²) in [6.07, 6.45) is 1.87. The Bertz CT molecular complexity index is 372. The highest BCUT2D eigenvalue weighted by atomic mass is 16.5. The largest absolute Gasteiger partial charge is 0.385 e. The monoisotopic (exact) mass is 267 g/mol. The van der Waals surface area contributed by atoms with Gasteiger partial charge in [-0.15, -0.1) is 0 Å². The van der Waals surface area contributed by atoms with Gasteiger partial charge in [-0.05, 0) is 33.2 Å². The molecule has 0 fully saturated rings. The van der Waals surface area contributed by atoms with Crippen molar-refractivity contribution in [2.45, 2.75) is 32.7 Å². The molecule has 1 aromatic rings. The molecule has 0 spiro atoms. The number of aromatic nitrogens is 2. The summed E-state index contributed by atoms with van der Waals surface area (Å²) in [6, 6.07) is 2.23. The number of nitrogens with two attached hydrogens (primary N) is 1. The van der Waals surface area contributed by atoms with Crippen LogP contribution in [0, 0.1) is 6.92 Å². The van der Waals surface area contributed by atoms with E-state index in [4.69, 9.17) is 10.5 Å². The number of anilines is 2. The Morgan fingerprint density at radius 3 is 2.79 bits per heavy atom. The van der Waals surface area contributed by atoms with Gasteiger partial charge in [0.15, 0.2) is 0 Å². The highest BCUT2D eigenvalue weighted by molar-refractivity contribution is 5.47. The first kappa shape index (κ1) is 15.7. The molecule has 6 heteroatoms. The zero-order valence-electron chi connectivity index (χ0n) is 12.1. The van der Waals surface area contributed by atoms with Crippen molar-refractivity contribution in [1.82, 2.24) is 9.97 Å². The highest BCUT2D eigenvalue weighted by Crippen LogP contribution is 2.12. The molecule has 0 aromatic carbocycles. The van der Waals surface area contributed by atoms with Gasteiger partial charge in [0, 0.05) is 32.4 Å². The third-order valence-corrected chi connectivity index (χ3v) is 2.66. The summed E-state index contributed by atoms with van der Waals surface area (Å²) in [5, 5.41) is 6.60. The normalized spacial score (nSPS) is 12.2. The topological polar surface area (TPSA) is 85.1 Å². The Hall–Kier alpha value is -1.40. The fourth-order valence-electron chi connectivity index (χ4n) is 1.74. The second kappa shape index (κ2) is 8.66. The minimum absolute atomic E-state index is 0.306. The molecule has 1 heterocycles. The van der Waals surface area contributed by atoms with Gasteiger partial charge in [0.1, 0.15) is 17.5 Å². The standard InChI is InChI=1S/C13H25N5O/c1-10(5-6-14)16-13-9-12(17-11(2)18-13)15-7-4-8-19-3/h9-10H,4-8,14H2,1-3H3,(H2,15,16,17,18). The zero-order chi connectivity index (χ0) is 14.1. The van der Waals surface area contributed by atoms with Crippen molar-refractivity contribution in [2.24, 2.45) is 5.73 Å². The Labute approximate surface area is 115 Å². The van der Waals surface area contributed by atoms with E-state index in [1.807, 2.05) is 13.0 Å². The van der Waals surface area contributed by atoms with Crippen LogP contribution in [0.25, 0.3) is 0 Å². The van der Waals surface area contributed by atoms with E-state index in [1.54, 1.807) is 7.11 Å². The van der Waals surface area contributed by atoms with Crippen LogP contribution in [0.4, 0.5) is 11.6 Å². The van der Waals surface area contributed by atoms with E-state index >= 15 is 0 Å². The van der Waals surface area contributed by atoms with Crippen LogP contribution in [0.15, 0.2) is 6.07 Å². The fraction of sp³-hybridized carbons (Fsp3) is 0.692. The summed E-state index contributed by atoms with van der Waals surface area (Å²) in [4.78, 5) is 8.73. The molecule has 1 atom stereocenters. The van der Waals surface area contributed by atoms with Crippen LogP contribution >= 0.6 is 0 Å². The lowest BCUT2D eigenvalue weighted by Crippen LogP contribution is -2.20. The van der Waals surface area contributed by atoms with Gasteiger partial charge in [-0.1, -0.05) is 0 Å². The van der Waals surface area contributed by atoms with Crippen molar-refractivity contribution in [1.29, 1.82) is 0 Å². The SMILES string of the molecule is COCCCNc1cc(NC(C)CCN)nc(C)n1. The first-order chi connectivity index (χ1) is 9.15. The number of rotatable bonds is 9. The van der Waals surface area contributed by atoms with Crippen molar-refractivity contribution < 1.29 is 4.74 Å². The molecule has 0 saturated heterocycles. The lowest BCUT2D eigenvalue weighted by Gasteiger charge is -2.15. The second-order valence-electron chi connectivity index (χ2n) is 4.58. The smallest absolute Gasteiger partial charge is 0.132 e. The molecule has 1 rings (SSSR count). The van der Waals surface area contributed by atoms with Crippen LogP contribution < -0.4 is 16.4 Å². The summed E-state index contributed by atoms with van der Waals surface area (Å²) in [5.74, 6) is 2.42. The second-order valence-corrected chi connectivity index (χ2v) is 4.58. The molecule has 0 aliphatic heterocycles. The molecule has 0 saturated carbocycles. The first-order valence-electron chi connectivity index (χ1n) is 6.70. The number of hydrogen-bond acceptors (Lipinski definition) is 6. The van der Waals surface area contributed by atoms with Gasteiger partial charge in [-0.3, -0.25) is 0 Å². The molecule has 6 nitrogen and oxygen atoms in total. The quantitative estimate of drug-likeness (QED) is 0.586. The fourth-order valence-corrected chi connectivity index (χ4v) is 1.74. The zero-order valence-corrected chi connectivity index (χ0v) is 12.1. The van der Waals surface area contributed by atoms with Crippen molar-refractivity contribution in [2.75, 3.05) is 37.4 Å². The molecule has 0 radical (unpaired) electrons. The number of methoxy groups -OCH3 is 1. The third kappa shape index (κ3) is 6.35. The van der Waals surface area contributed by atoms with Gasteiger partial charge in [0.05, 0.1) is 0 Å². The molecule has 0 bridgehead atoms. The van der Waals surface area contributed by atoms with Gasteiger partial charge in [0.25, 0.3) is 0 Å². The van der Waals surface area contributed by atoms with E-state index in [-0.39, 0.29) is 0 Å². The number of aryl methyl sites for hydroxylation is 1. The van der Waals surface area contributed by atoms with Crippen LogP contribution in [0.5, 0.6) is 0 Å². The number of ether oxygens (including phenoxy) is 1. The summed E-state index contributed by atoms with van der Waals surface area (Å²) >= 11 is 0. The van der Waals surface area contributed by atoms with Crippen LogP contribution in [0.3, 0.4) is 0 Å². The van der Waals surface area contributed by atoms with Gasteiger partial charge >= 0.3 is 0 Å². The van der Waals surface area contributed by atoms with E-state index < -0.39 is 0 Å². The van der Waals surface area contributed by atoms with Crippen LogP contribution in [-0.2, 0) is 4.74 Å². The van der Waals surface area contributed by atoms with Gasteiger partial charge in [0.2, 0.25) is 0 Å². The van der Waals surface area contributed by atoms with Crippen LogP contribution in [0.2, 0.25) is 0 Å². The molecular weight excluding hydrogens is 242 g/mol. The molecule has 0 amide bonds. The minimum Gasteiger partial charge on any atom is -0.385 e. The number of hydrogen-bond donors (Lipinski definition) is 3. The molecule has 19 heavy (non-hydrogen) atoms. The maximum atomic E-state index is 5.54. The van der Waals surface area contributed by atoms with Crippen LogP contribution in [-0.4, -0.2) is 42.8 Å². The van der Waals surface area contributed by atoms with Crippen molar-refractivity contribution in [3.8, 4) is 0 Å². The minimum atomic E-state index is 0.306. The Balaban J connectivity index is 2.55. The Morgan fingerprint density at radius 2 is 2.11 bits per heavy atom. The maximum absolute atomic E-state index is 5.54. The average Bonchev–Trinajstić information content (AvgIpc) is 2.34. The van der Waals surface area contributed by atoms with Crippen LogP contribution in [0.1, 0.15) is 25.6 Å². The summed E-state index contributed by atoms with van der Waals surface area (Å²) in [5.41, 5.74) is 5.54. The molecule has 0 aliphatic carbocycles. The van der Waals surface area contributed by atoms with E-state index in [2.05, 4.69) is 27.5 Å². The van der Waals surface area contributed by atoms with Crippen molar-refractivity contribution >= 4 is 11.6 Å². The van der Waals surface area contributed by atoms with E-state index in [1.165, 1.54) is 0 Å². The molecule has 1 aromatic heterocycles. The van der Waals surface area contributed by atoms with Gasteiger partial charge < -0.3 is 21.1 Å². The van der Waals surface area contributed by atoms with E-state index in [9.17, 15) is 0 Å². The lowest BCUT2D eigenvalue weighted by molar-refractivity contribution is 0.198. The van der Waals surface area contributed by atoms with E-state index in [0.717, 1.165) is 43.5 Å². The highest BCUT2D eigenvalue weighted by Gasteiger charge is 2.05. The Kier molecular flexibility index (Phi) is 7.14. The lowest BCUT2D eigenvalue weighted by atomic mass is 10.2.